The molecule has 5 rings (SSSR count). The van der Waals surface area contributed by atoms with Gasteiger partial charge in [-0.05, 0) is 93.3 Å². The van der Waals surface area contributed by atoms with E-state index >= 15 is 0 Å². The van der Waals surface area contributed by atoms with Crippen molar-refractivity contribution in [1.82, 2.24) is 0 Å². The smallest absolute Gasteiger partial charge is 0.167 e. The molecule has 0 bridgehead atoms. The van der Waals surface area contributed by atoms with Crippen molar-refractivity contribution in [2.24, 2.45) is 34.5 Å². The predicted molar refractivity (Wildman–Crippen MR) is 115 cm³/mol. The van der Waals surface area contributed by atoms with E-state index in [1.165, 1.54) is 57.8 Å². The van der Waals surface area contributed by atoms with Crippen LogP contribution in [0.25, 0.3) is 0 Å². The maximum Gasteiger partial charge on any atom is 0.167 e. The van der Waals surface area contributed by atoms with Crippen LogP contribution in [0.4, 0.5) is 0 Å². The Balaban J connectivity index is 1.47. The summed E-state index contributed by atoms with van der Waals surface area (Å²) in [5, 5.41) is 10.8. The number of rotatable bonds is 4. The minimum Gasteiger partial charge on any atom is -0.393 e. The summed E-state index contributed by atoms with van der Waals surface area (Å²) in [5.41, 5.74) is 2.08. The van der Waals surface area contributed by atoms with Crippen LogP contribution in [-0.2, 0) is 9.47 Å². The Hall–Kier alpha value is -0.380. The zero-order valence-electron chi connectivity index (χ0n) is 18.9. The van der Waals surface area contributed by atoms with Gasteiger partial charge < -0.3 is 14.6 Å². The van der Waals surface area contributed by atoms with Crippen LogP contribution in [0.2, 0.25) is 0 Å². The molecule has 29 heavy (non-hydrogen) atoms. The fourth-order valence-electron chi connectivity index (χ4n) is 8.71. The molecule has 0 heterocycles. The summed E-state index contributed by atoms with van der Waals surface area (Å²) in [7, 11) is 1.85. The first-order valence-corrected chi connectivity index (χ1v) is 12.5. The minimum atomic E-state index is -0.331. The number of aliphatic hydroxyl groups is 1. The summed E-state index contributed by atoms with van der Waals surface area (Å²) < 4.78 is 12.7. The molecule has 164 valence electrons. The van der Waals surface area contributed by atoms with E-state index in [2.05, 4.69) is 19.9 Å². The molecule has 0 saturated heterocycles. The van der Waals surface area contributed by atoms with Crippen LogP contribution in [0.1, 0.15) is 90.9 Å². The lowest BCUT2D eigenvalue weighted by Gasteiger charge is -2.61. The highest BCUT2D eigenvalue weighted by molar-refractivity contribution is 5.26. The fraction of sp³-hybridized carbons (Fsp3) is 0.923. The zero-order valence-corrected chi connectivity index (χ0v) is 18.9. The van der Waals surface area contributed by atoms with Gasteiger partial charge in [0.05, 0.1) is 12.7 Å². The van der Waals surface area contributed by atoms with Gasteiger partial charge in [0.25, 0.3) is 0 Å². The first kappa shape index (κ1) is 20.5. The normalized spacial score (nSPS) is 48.6. The van der Waals surface area contributed by atoms with Crippen LogP contribution in [0.3, 0.4) is 0 Å². The summed E-state index contributed by atoms with van der Waals surface area (Å²) >= 11 is 0. The molecule has 0 unspecified atom stereocenters. The Labute approximate surface area is 177 Å². The lowest BCUT2D eigenvalue weighted by atomic mass is 9.45. The quantitative estimate of drug-likeness (QED) is 0.473. The number of fused-ring (bicyclic) bond motifs is 5. The molecule has 5 aliphatic rings. The van der Waals surface area contributed by atoms with Crippen LogP contribution in [0.5, 0.6) is 0 Å². The molecular weight excluding hydrogens is 360 g/mol. The minimum absolute atomic E-state index is 0.0913. The second kappa shape index (κ2) is 7.35. The molecule has 1 N–H and O–H groups in total. The largest absolute Gasteiger partial charge is 0.393 e. The van der Waals surface area contributed by atoms with Crippen molar-refractivity contribution in [2.45, 2.75) is 103 Å². The van der Waals surface area contributed by atoms with Crippen molar-refractivity contribution in [3.63, 3.8) is 0 Å². The molecule has 0 aromatic carbocycles. The van der Waals surface area contributed by atoms with Gasteiger partial charge in [-0.3, -0.25) is 0 Å². The van der Waals surface area contributed by atoms with E-state index in [0.717, 1.165) is 43.6 Å². The van der Waals surface area contributed by atoms with Gasteiger partial charge in [0.2, 0.25) is 0 Å². The van der Waals surface area contributed by atoms with Crippen molar-refractivity contribution in [3.05, 3.63) is 11.6 Å². The number of hydrogen-bond donors (Lipinski definition) is 1. The summed E-state index contributed by atoms with van der Waals surface area (Å²) in [5.74, 6) is 2.55. The van der Waals surface area contributed by atoms with Crippen LogP contribution in [0, 0.1) is 34.5 Å². The molecular formula is C26H42O3. The van der Waals surface area contributed by atoms with Crippen molar-refractivity contribution in [2.75, 3.05) is 13.7 Å². The maximum absolute atomic E-state index is 10.8. The van der Waals surface area contributed by atoms with Crippen molar-refractivity contribution in [3.8, 4) is 0 Å². The Kier molecular flexibility index (Phi) is 5.20. The number of aliphatic hydroxyl groups excluding tert-OH is 1. The lowest BCUT2D eigenvalue weighted by Crippen LogP contribution is -2.56. The van der Waals surface area contributed by atoms with Crippen LogP contribution in [0.15, 0.2) is 11.6 Å². The van der Waals surface area contributed by atoms with E-state index in [-0.39, 0.29) is 22.7 Å². The van der Waals surface area contributed by atoms with Crippen molar-refractivity contribution < 1.29 is 14.6 Å². The van der Waals surface area contributed by atoms with Gasteiger partial charge in [-0.25, -0.2) is 0 Å². The van der Waals surface area contributed by atoms with E-state index in [9.17, 15) is 5.11 Å². The Morgan fingerprint density at radius 3 is 2.59 bits per heavy atom. The van der Waals surface area contributed by atoms with Gasteiger partial charge in [-0.15, -0.1) is 0 Å². The second-order valence-electron chi connectivity index (χ2n) is 11.5. The highest BCUT2D eigenvalue weighted by atomic mass is 16.7. The molecule has 5 aliphatic carbocycles. The standard InChI is InChI=1S/C26H42O3/c1-18-16-19-8-4-5-12-25(19,17-29-26(28-3)13-6-7-14-26)21-11-15-24(2)20(23(18)21)9-10-22(24)27/h8,18,20-23,27H,4-7,9-17H2,1-3H3/t18-,20+,21+,22+,23+,24+,25-/m1/s1. The first-order valence-electron chi connectivity index (χ1n) is 12.5. The first-order chi connectivity index (χ1) is 13.9. The summed E-state index contributed by atoms with van der Waals surface area (Å²) in [6.07, 6.45) is 16.8. The van der Waals surface area contributed by atoms with Gasteiger partial charge in [0, 0.05) is 25.4 Å². The Bertz CT molecular complexity index is 650. The molecule has 4 saturated carbocycles. The van der Waals surface area contributed by atoms with Crippen LogP contribution < -0.4 is 0 Å². The monoisotopic (exact) mass is 402 g/mol. The van der Waals surface area contributed by atoms with E-state index in [1.807, 2.05) is 7.11 Å². The van der Waals surface area contributed by atoms with E-state index < -0.39 is 0 Å². The number of methoxy groups -OCH3 is 1. The van der Waals surface area contributed by atoms with E-state index in [1.54, 1.807) is 5.57 Å². The zero-order chi connectivity index (χ0) is 20.3. The molecule has 4 fully saturated rings. The third-order valence-corrected chi connectivity index (χ3v) is 10.4. The van der Waals surface area contributed by atoms with Crippen molar-refractivity contribution >= 4 is 0 Å². The van der Waals surface area contributed by atoms with E-state index in [4.69, 9.17) is 9.47 Å². The molecule has 0 aliphatic heterocycles. The van der Waals surface area contributed by atoms with Crippen LogP contribution >= 0.6 is 0 Å². The topological polar surface area (TPSA) is 38.7 Å². The predicted octanol–water partition coefficient (Wildman–Crippen LogP) is 5.86. The van der Waals surface area contributed by atoms with Gasteiger partial charge in [0.15, 0.2) is 5.79 Å². The third kappa shape index (κ3) is 3.01. The second-order valence-corrected chi connectivity index (χ2v) is 11.5. The maximum atomic E-state index is 10.8. The SMILES string of the molecule is COC1(OC[C@]23CCCC=C2C[C@@H](C)[C@@H]2[C@@H]3CC[C@]3(C)[C@@H](O)CC[C@@H]23)CCCC1. The number of allylic oxidation sites excluding steroid dienone is 1. The summed E-state index contributed by atoms with van der Waals surface area (Å²) in [6.45, 7) is 5.75. The van der Waals surface area contributed by atoms with Gasteiger partial charge >= 0.3 is 0 Å². The molecule has 0 amide bonds. The molecule has 3 heteroatoms. The van der Waals surface area contributed by atoms with Crippen molar-refractivity contribution in [1.29, 1.82) is 0 Å². The molecule has 0 radical (unpaired) electrons. The van der Waals surface area contributed by atoms with Gasteiger partial charge in [-0.1, -0.05) is 25.5 Å². The average Bonchev–Trinajstić information content (AvgIpc) is 3.32. The molecule has 0 spiro atoms. The third-order valence-electron chi connectivity index (χ3n) is 10.4. The average molecular weight is 403 g/mol. The Morgan fingerprint density at radius 1 is 1.03 bits per heavy atom. The highest BCUT2D eigenvalue weighted by Gasteiger charge is 2.61. The summed E-state index contributed by atoms with van der Waals surface area (Å²) in [6, 6.07) is 0. The van der Waals surface area contributed by atoms with Crippen LogP contribution in [-0.4, -0.2) is 30.7 Å². The highest BCUT2D eigenvalue weighted by Crippen LogP contribution is 2.67. The Morgan fingerprint density at radius 2 is 1.83 bits per heavy atom. The molecule has 3 nitrogen and oxygen atoms in total. The van der Waals surface area contributed by atoms with E-state index in [0.29, 0.717) is 5.92 Å². The molecule has 7 atom stereocenters. The fourth-order valence-corrected chi connectivity index (χ4v) is 8.71. The van der Waals surface area contributed by atoms with Gasteiger partial charge in [0.1, 0.15) is 0 Å². The summed E-state index contributed by atoms with van der Waals surface area (Å²) in [4.78, 5) is 0. The molecule has 0 aromatic rings. The number of ether oxygens (including phenoxy) is 2. The van der Waals surface area contributed by atoms with Gasteiger partial charge in [-0.2, -0.15) is 0 Å². The lowest BCUT2D eigenvalue weighted by molar-refractivity contribution is -0.241. The number of hydrogen-bond acceptors (Lipinski definition) is 3. The molecule has 0 aromatic heterocycles.